The highest BCUT2D eigenvalue weighted by Crippen LogP contribution is 2.24. The highest BCUT2D eigenvalue weighted by atomic mass is 32.1. The van der Waals surface area contributed by atoms with Crippen LogP contribution in [-0.2, 0) is 6.61 Å². The Morgan fingerprint density at radius 2 is 2.21 bits per heavy atom. The number of nitrogens with two attached hydrogens (primary N) is 1. The van der Waals surface area contributed by atoms with Crippen molar-refractivity contribution >= 4 is 22.4 Å². The largest absolute Gasteiger partial charge is 0.487 e. The molecule has 6 heteroatoms. The number of aromatic carboxylic acids is 1. The Kier molecular flexibility index (Phi) is 3.71. The molecule has 0 aliphatic heterocycles. The Balaban J connectivity index is 2.19. The van der Waals surface area contributed by atoms with Crippen molar-refractivity contribution in [3.63, 3.8) is 0 Å². The number of thiazole rings is 1. The smallest absolute Gasteiger partial charge is 0.348 e. The van der Waals surface area contributed by atoms with Gasteiger partial charge in [-0.3, -0.25) is 0 Å². The Bertz CT molecular complexity index is 622. The SMILES string of the molecule is Cc1ccc(C)c(OCc2nc(N)sc2C(=O)O)c1. The molecule has 3 N–H and O–H groups in total. The Morgan fingerprint density at radius 1 is 1.47 bits per heavy atom. The molecular weight excluding hydrogens is 264 g/mol. The van der Waals surface area contributed by atoms with Crippen molar-refractivity contribution < 1.29 is 14.6 Å². The maximum atomic E-state index is 11.0. The maximum absolute atomic E-state index is 11.0. The fourth-order valence-electron chi connectivity index (χ4n) is 1.64. The van der Waals surface area contributed by atoms with E-state index in [2.05, 4.69) is 4.98 Å². The van der Waals surface area contributed by atoms with Gasteiger partial charge in [0.15, 0.2) is 5.13 Å². The van der Waals surface area contributed by atoms with E-state index in [4.69, 9.17) is 15.6 Å². The highest BCUT2D eigenvalue weighted by molar-refractivity contribution is 7.17. The number of nitrogen functional groups attached to an aromatic ring is 1. The van der Waals surface area contributed by atoms with Gasteiger partial charge in [-0.2, -0.15) is 0 Å². The molecule has 0 spiro atoms. The zero-order valence-corrected chi connectivity index (χ0v) is 11.5. The van der Waals surface area contributed by atoms with E-state index in [1.807, 2.05) is 32.0 Å². The lowest BCUT2D eigenvalue weighted by molar-refractivity contribution is 0.0699. The molecule has 0 atom stereocenters. The van der Waals surface area contributed by atoms with E-state index in [-0.39, 0.29) is 16.6 Å². The molecule has 0 saturated heterocycles. The minimum atomic E-state index is -1.03. The quantitative estimate of drug-likeness (QED) is 0.898. The van der Waals surface area contributed by atoms with E-state index in [0.29, 0.717) is 5.69 Å². The molecule has 0 amide bonds. The van der Waals surface area contributed by atoms with Gasteiger partial charge in [-0.1, -0.05) is 23.5 Å². The van der Waals surface area contributed by atoms with Crippen molar-refractivity contribution in [2.24, 2.45) is 0 Å². The third-order valence-electron chi connectivity index (χ3n) is 2.62. The number of rotatable bonds is 4. The Hall–Kier alpha value is -2.08. The molecule has 0 aliphatic rings. The van der Waals surface area contributed by atoms with Crippen LogP contribution in [0.25, 0.3) is 0 Å². The maximum Gasteiger partial charge on any atom is 0.348 e. The summed E-state index contributed by atoms with van der Waals surface area (Å²) >= 11 is 0.952. The number of carbonyl (C=O) groups is 1. The molecule has 2 rings (SSSR count). The standard InChI is InChI=1S/C13H14N2O3S/c1-7-3-4-8(2)10(5-7)18-6-9-11(12(16)17)19-13(14)15-9/h3-5H,6H2,1-2H3,(H2,14,15)(H,16,17). The number of benzene rings is 1. The number of carboxylic acids is 1. The molecule has 0 aliphatic carbocycles. The molecule has 0 bridgehead atoms. The lowest BCUT2D eigenvalue weighted by atomic mass is 10.1. The summed E-state index contributed by atoms with van der Waals surface area (Å²) in [5.74, 6) is -0.309. The number of carboxylic acid groups (broad SMARTS) is 1. The Labute approximate surface area is 114 Å². The van der Waals surface area contributed by atoms with Crippen LogP contribution in [0, 0.1) is 13.8 Å². The Morgan fingerprint density at radius 3 is 2.89 bits per heavy atom. The highest BCUT2D eigenvalue weighted by Gasteiger charge is 2.16. The minimum Gasteiger partial charge on any atom is -0.487 e. The predicted molar refractivity (Wildman–Crippen MR) is 73.7 cm³/mol. The second-order valence-electron chi connectivity index (χ2n) is 4.19. The van der Waals surface area contributed by atoms with Gasteiger partial charge in [0.2, 0.25) is 0 Å². The summed E-state index contributed by atoms with van der Waals surface area (Å²) in [6, 6.07) is 5.86. The molecular formula is C13H14N2O3S. The van der Waals surface area contributed by atoms with Gasteiger partial charge in [0.05, 0.1) is 0 Å². The summed E-state index contributed by atoms with van der Waals surface area (Å²) in [7, 11) is 0. The molecule has 1 aromatic heterocycles. The van der Waals surface area contributed by atoms with Crippen LogP contribution in [0.5, 0.6) is 5.75 Å². The lowest BCUT2D eigenvalue weighted by Gasteiger charge is -2.09. The van der Waals surface area contributed by atoms with E-state index in [0.717, 1.165) is 28.2 Å². The molecule has 19 heavy (non-hydrogen) atoms. The molecule has 0 unspecified atom stereocenters. The van der Waals surface area contributed by atoms with Crippen molar-refractivity contribution in [1.29, 1.82) is 0 Å². The first-order valence-corrected chi connectivity index (χ1v) is 6.47. The number of nitrogens with zero attached hydrogens (tertiary/aromatic N) is 1. The average molecular weight is 278 g/mol. The van der Waals surface area contributed by atoms with Gasteiger partial charge < -0.3 is 15.6 Å². The molecule has 0 saturated carbocycles. The van der Waals surface area contributed by atoms with Crippen LogP contribution in [-0.4, -0.2) is 16.1 Å². The number of ether oxygens (including phenoxy) is 1. The van der Waals surface area contributed by atoms with E-state index < -0.39 is 5.97 Å². The molecule has 1 aromatic carbocycles. The second kappa shape index (κ2) is 5.27. The summed E-state index contributed by atoms with van der Waals surface area (Å²) in [5, 5.41) is 9.27. The van der Waals surface area contributed by atoms with Crippen molar-refractivity contribution in [1.82, 2.24) is 4.98 Å². The predicted octanol–water partition coefficient (Wildman–Crippen LogP) is 2.62. The van der Waals surface area contributed by atoms with Gasteiger partial charge in [-0.25, -0.2) is 9.78 Å². The first-order chi connectivity index (χ1) is 8.97. The lowest BCUT2D eigenvalue weighted by Crippen LogP contribution is -2.04. The second-order valence-corrected chi connectivity index (χ2v) is 5.22. The molecule has 2 aromatic rings. The molecule has 5 nitrogen and oxygen atoms in total. The third-order valence-corrected chi connectivity index (χ3v) is 3.53. The van der Waals surface area contributed by atoms with Crippen molar-refractivity contribution in [3.05, 3.63) is 39.9 Å². The summed E-state index contributed by atoms with van der Waals surface area (Å²) < 4.78 is 5.63. The third kappa shape index (κ3) is 3.03. The monoisotopic (exact) mass is 278 g/mol. The number of hydrogen-bond donors (Lipinski definition) is 2. The van der Waals surface area contributed by atoms with E-state index >= 15 is 0 Å². The number of hydrogen-bond acceptors (Lipinski definition) is 5. The van der Waals surface area contributed by atoms with E-state index in [1.54, 1.807) is 0 Å². The summed E-state index contributed by atoms with van der Waals surface area (Å²) in [5.41, 5.74) is 7.96. The van der Waals surface area contributed by atoms with Crippen LogP contribution in [0.15, 0.2) is 18.2 Å². The number of aromatic nitrogens is 1. The molecule has 0 fully saturated rings. The minimum absolute atomic E-state index is 0.0969. The normalized spacial score (nSPS) is 10.4. The zero-order chi connectivity index (χ0) is 14.0. The summed E-state index contributed by atoms with van der Waals surface area (Å²) in [6.07, 6.45) is 0. The van der Waals surface area contributed by atoms with Crippen molar-refractivity contribution in [2.45, 2.75) is 20.5 Å². The van der Waals surface area contributed by atoms with Crippen LogP contribution in [0.4, 0.5) is 5.13 Å². The average Bonchev–Trinajstić information content (AvgIpc) is 2.72. The molecule has 100 valence electrons. The van der Waals surface area contributed by atoms with Crippen LogP contribution in [0.1, 0.15) is 26.5 Å². The van der Waals surface area contributed by atoms with Gasteiger partial charge in [0.1, 0.15) is 22.9 Å². The summed E-state index contributed by atoms with van der Waals surface area (Å²) in [6.45, 7) is 4.00. The first-order valence-electron chi connectivity index (χ1n) is 5.66. The zero-order valence-electron chi connectivity index (χ0n) is 10.6. The fraction of sp³-hybridized carbons (Fsp3) is 0.231. The van der Waals surface area contributed by atoms with Gasteiger partial charge in [-0.05, 0) is 31.0 Å². The fourth-order valence-corrected chi connectivity index (χ4v) is 2.32. The van der Waals surface area contributed by atoms with Crippen molar-refractivity contribution in [2.75, 3.05) is 5.73 Å². The van der Waals surface area contributed by atoms with Crippen LogP contribution in [0.2, 0.25) is 0 Å². The first kappa shape index (κ1) is 13.4. The van der Waals surface area contributed by atoms with Gasteiger partial charge in [0, 0.05) is 0 Å². The van der Waals surface area contributed by atoms with E-state index in [1.165, 1.54) is 0 Å². The van der Waals surface area contributed by atoms with Crippen LogP contribution < -0.4 is 10.5 Å². The number of aryl methyl sites for hydroxylation is 2. The van der Waals surface area contributed by atoms with Gasteiger partial charge >= 0.3 is 5.97 Å². The van der Waals surface area contributed by atoms with Gasteiger partial charge in [0.25, 0.3) is 0 Å². The van der Waals surface area contributed by atoms with Gasteiger partial charge in [-0.15, -0.1) is 0 Å². The summed E-state index contributed by atoms with van der Waals surface area (Å²) in [4.78, 5) is 15.1. The van der Waals surface area contributed by atoms with E-state index in [9.17, 15) is 4.79 Å². The number of anilines is 1. The molecule has 1 heterocycles. The van der Waals surface area contributed by atoms with Crippen LogP contribution in [0.3, 0.4) is 0 Å². The van der Waals surface area contributed by atoms with Crippen molar-refractivity contribution in [3.8, 4) is 5.75 Å². The molecule has 0 radical (unpaired) electrons. The topological polar surface area (TPSA) is 85.4 Å². The van der Waals surface area contributed by atoms with Crippen LogP contribution >= 0.6 is 11.3 Å².